The van der Waals surface area contributed by atoms with E-state index in [4.69, 9.17) is 22.9 Å². The first-order valence-electron chi connectivity index (χ1n) is 7.26. The molecule has 1 aromatic carbocycles. The maximum Gasteiger partial charge on any atom is 0.417 e. The molecule has 2 rings (SSSR count). The van der Waals surface area contributed by atoms with E-state index in [1.807, 2.05) is 18.7 Å². The molecule has 0 spiro atoms. The van der Waals surface area contributed by atoms with Crippen molar-refractivity contribution >= 4 is 28.9 Å². The quantitative estimate of drug-likeness (QED) is 0.811. The molecule has 1 fully saturated rings. The smallest absolute Gasteiger partial charge is 0.334 e. The molecule has 4 nitrogen and oxygen atoms in total. The molecule has 0 aliphatic carbocycles. The van der Waals surface area contributed by atoms with Gasteiger partial charge in [0, 0.05) is 6.04 Å². The number of hydrogen-bond acceptors (Lipinski definition) is 3. The number of nitriles is 1. The second-order valence-electron chi connectivity index (χ2n) is 6.33. The summed E-state index contributed by atoms with van der Waals surface area (Å²) in [6.07, 6.45) is -4.65. The Hall–Kier alpha value is -2.14. The molecule has 1 saturated heterocycles. The number of benzene rings is 1. The predicted molar refractivity (Wildman–Crippen MR) is 90.0 cm³/mol. The molecule has 0 aromatic heterocycles. The average molecular weight is 354 g/mol. The van der Waals surface area contributed by atoms with Crippen molar-refractivity contribution in [1.29, 1.82) is 10.7 Å². The first-order chi connectivity index (χ1) is 10.9. The molecule has 0 amide bonds. The van der Waals surface area contributed by atoms with Gasteiger partial charge in [-0.3, -0.25) is 10.3 Å². The fourth-order valence-corrected chi connectivity index (χ4v) is 3.58. The number of hydrogen-bond donors (Lipinski definition) is 1. The zero-order chi connectivity index (χ0) is 18.4. The van der Waals surface area contributed by atoms with Gasteiger partial charge < -0.3 is 4.90 Å². The van der Waals surface area contributed by atoms with E-state index in [-0.39, 0.29) is 22.7 Å². The summed E-state index contributed by atoms with van der Waals surface area (Å²) in [5.41, 5.74) is -2.09. The number of alkyl halides is 3. The number of rotatable bonds is 2. The molecular weight excluding hydrogens is 337 g/mol. The molecular formula is C16H17F3N4S. The molecule has 8 heteroatoms. The highest BCUT2D eigenvalue weighted by Gasteiger charge is 2.48. The van der Waals surface area contributed by atoms with Gasteiger partial charge >= 0.3 is 6.18 Å². The third-order valence-electron chi connectivity index (χ3n) is 4.01. The van der Waals surface area contributed by atoms with E-state index < -0.39 is 22.8 Å². The Morgan fingerprint density at radius 2 is 1.88 bits per heavy atom. The number of amidine groups is 1. The minimum atomic E-state index is -4.65. The molecule has 0 unspecified atom stereocenters. The monoisotopic (exact) mass is 354 g/mol. The summed E-state index contributed by atoms with van der Waals surface area (Å²) >= 11 is 5.41. The van der Waals surface area contributed by atoms with Gasteiger partial charge in [0.15, 0.2) is 5.11 Å². The van der Waals surface area contributed by atoms with E-state index in [1.165, 1.54) is 11.0 Å². The van der Waals surface area contributed by atoms with Crippen LogP contribution in [0.3, 0.4) is 0 Å². The maximum atomic E-state index is 13.2. The van der Waals surface area contributed by atoms with Gasteiger partial charge in [-0.15, -0.1) is 0 Å². The van der Waals surface area contributed by atoms with Crippen LogP contribution in [0.15, 0.2) is 18.2 Å². The van der Waals surface area contributed by atoms with Crippen LogP contribution in [0, 0.1) is 16.7 Å². The van der Waals surface area contributed by atoms with E-state index in [2.05, 4.69) is 0 Å². The Balaban J connectivity index is 2.59. The second-order valence-corrected chi connectivity index (χ2v) is 6.69. The Bertz CT molecular complexity index is 747. The van der Waals surface area contributed by atoms with E-state index in [0.717, 1.165) is 12.1 Å². The van der Waals surface area contributed by atoms with E-state index >= 15 is 0 Å². The summed E-state index contributed by atoms with van der Waals surface area (Å²) in [6.45, 7) is 7.42. The summed E-state index contributed by atoms with van der Waals surface area (Å²) in [7, 11) is 0. The van der Waals surface area contributed by atoms with Crippen molar-refractivity contribution in [1.82, 2.24) is 4.90 Å². The summed E-state index contributed by atoms with van der Waals surface area (Å²) in [4.78, 5) is 3.14. The minimum Gasteiger partial charge on any atom is -0.334 e. The van der Waals surface area contributed by atoms with Gasteiger partial charge in [0.25, 0.3) is 0 Å². The SMILES string of the molecule is CC(C)N1C(=S)N(c2ccc(C#N)c(C(F)(F)F)c2)C(=N)C1(C)C. The summed E-state index contributed by atoms with van der Waals surface area (Å²) in [5, 5.41) is 17.6. The molecule has 1 N–H and O–H groups in total. The molecule has 1 aromatic rings. The van der Waals surface area contributed by atoms with Crippen LogP contribution in [0.1, 0.15) is 38.8 Å². The minimum absolute atomic E-state index is 0.0154. The highest BCUT2D eigenvalue weighted by atomic mass is 32.1. The van der Waals surface area contributed by atoms with Crippen LogP contribution in [0.5, 0.6) is 0 Å². The van der Waals surface area contributed by atoms with E-state index in [0.29, 0.717) is 0 Å². The highest BCUT2D eigenvalue weighted by Crippen LogP contribution is 2.38. The number of thiocarbonyl (C=S) groups is 1. The van der Waals surface area contributed by atoms with Crippen LogP contribution >= 0.6 is 12.2 Å². The van der Waals surface area contributed by atoms with Gasteiger partial charge in [-0.05, 0) is 58.1 Å². The Morgan fingerprint density at radius 3 is 2.29 bits per heavy atom. The van der Waals surface area contributed by atoms with Gasteiger partial charge in [-0.25, -0.2) is 0 Å². The lowest BCUT2D eigenvalue weighted by Crippen LogP contribution is -2.47. The summed E-state index contributed by atoms with van der Waals surface area (Å²) < 4.78 is 39.6. The van der Waals surface area contributed by atoms with Crippen LogP contribution < -0.4 is 4.90 Å². The third kappa shape index (κ3) is 2.73. The van der Waals surface area contributed by atoms with Crippen molar-refractivity contribution in [2.24, 2.45) is 0 Å². The van der Waals surface area contributed by atoms with Crippen LogP contribution in [0.25, 0.3) is 0 Å². The third-order valence-corrected chi connectivity index (χ3v) is 4.39. The molecule has 24 heavy (non-hydrogen) atoms. The van der Waals surface area contributed by atoms with Crippen molar-refractivity contribution in [3.63, 3.8) is 0 Å². The lowest BCUT2D eigenvalue weighted by Gasteiger charge is -2.34. The fraction of sp³-hybridized carbons (Fsp3) is 0.438. The maximum absolute atomic E-state index is 13.2. The number of nitrogens with zero attached hydrogens (tertiary/aromatic N) is 3. The largest absolute Gasteiger partial charge is 0.417 e. The fourth-order valence-electron chi connectivity index (χ4n) is 2.94. The van der Waals surface area contributed by atoms with E-state index in [1.54, 1.807) is 19.9 Å². The van der Waals surface area contributed by atoms with Crippen molar-refractivity contribution in [3.8, 4) is 6.07 Å². The lowest BCUT2D eigenvalue weighted by atomic mass is 10.0. The molecule has 1 heterocycles. The molecule has 0 atom stereocenters. The van der Waals surface area contributed by atoms with Crippen molar-refractivity contribution in [2.75, 3.05) is 4.90 Å². The zero-order valence-corrected chi connectivity index (χ0v) is 14.5. The van der Waals surface area contributed by atoms with Crippen molar-refractivity contribution in [3.05, 3.63) is 29.3 Å². The van der Waals surface area contributed by atoms with Gasteiger partial charge in [-0.1, -0.05) is 0 Å². The number of anilines is 1. The van der Waals surface area contributed by atoms with Gasteiger partial charge in [0.1, 0.15) is 5.84 Å². The molecule has 128 valence electrons. The van der Waals surface area contributed by atoms with Crippen molar-refractivity contribution < 1.29 is 13.2 Å². The number of halogens is 3. The predicted octanol–water partition coefficient (Wildman–Crippen LogP) is 4.15. The lowest BCUT2D eigenvalue weighted by molar-refractivity contribution is -0.137. The topological polar surface area (TPSA) is 54.1 Å². The molecule has 0 radical (unpaired) electrons. The highest BCUT2D eigenvalue weighted by molar-refractivity contribution is 7.80. The van der Waals surface area contributed by atoms with Crippen molar-refractivity contribution in [2.45, 2.75) is 45.5 Å². The van der Waals surface area contributed by atoms with Gasteiger partial charge in [-0.2, -0.15) is 18.4 Å². The number of nitrogens with one attached hydrogen (secondary N) is 1. The summed E-state index contributed by atoms with van der Waals surface area (Å²) in [5.74, 6) is 0.0963. The van der Waals surface area contributed by atoms with E-state index in [9.17, 15) is 13.2 Å². The zero-order valence-electron chi connectivity index (χ0n) is 13.7. The first-order valence-corrected chi connectivity index (χ1v) is 7.67. The van der Waals surface area contributed by atoms with Gasteiger partial charge in [0.2, 0.25) is 0 Å². The van der Waals surface area contributed by atoms with Gasteiger partial charge in [0.05, 0.1) is 28.4 Å². The van der Waals surface area contributed by atoms with Crippen LogP contribution in [-0.4, -0.2) is 27.4 Å². The van der Waals surface area contributed by atoms with Crippen LogP contribution in [-0.2, 0) is 6.18 Å². The summed E-state index contributed by atoms with van der Waals surface area (Å²) in [6, 6.07) is 4.90. The Labute approximate surface area is 144 Å². The van der Waals surface area contributed by atoms with Crippen LogP contribution in [0.2, 0.25) is 0 Å². The average Bonchev–Trinajstić information content (AvgIpc) is 2.63. The normalized spacial score (nSPS) is 17.6. The van der Waals surface area contributed by atoms with Crippen LogP contribution in [0.4, 0.5) is 18.9 Å². The molecule has 1 aliphatic rings. The Morgan fingerprint density at radius 1 is 1.29 bits per heavy atom. The standard InChI is InChI=1S/C16H17F3N4S/c1-9(2)23-14(24)22(13(21)15(23,3)4)11-6-5-10(8-20)12(7-11)16(17,18)19/h5-7,9,21H,1-4H3. The molecule has 0 bridgehead atoms. The molecule has 1 aliphatic heterocycles. The Kier molecular flexibility index (Phi) is 4.35. The first kappa shape index (κ1) is 18.2. The second kappa shape index (κ2) is 5.74. The molecule has 0 saturated carbocycles.